The summed E-state index contributed by atoms with van der Waals surface area (Å²) < 4.78 is 43.6. The monoisotopic (exact) mass is 254 g/mol. The molecule has 5 heteroatoms. The van der Waals surface area contributed by atoms with E-state index in [9.17, 15) is 13.0 Å². The van der Waals surface area contributed by atoms with Crippen LogP contribution >= 0.6 is 0 Å². The van der Waals surface area contributed by atoms with Gasteiger partial charge in [-0.1, -0.05) is 0 Å². The molecule has 0 radical (unpaired) electrons. The molecule has 0 saturated heterocycles. The summed E-state index contributed by atoms with van der Waals surface area (Å²) in [5.41, 5.74) is 0. The Morgan fingerprint density at radius 1 is 0.765 bits per heavy atom. The maximum absolute atomic E-state index is 12.7. The van der Waals surface area contributed by atoms with Crippen molar-refractivity contribution in [1.29, 1.82) is 0 Å². The molecule has 2 aromatic carbocycles. The van der Waals surface area contributed by atoms with E-state index >= 15 is 0 Å². The predicted octanol–water partition coefficient (Wildman–Crippen LogP) is 1.61. The minimum absolute atomic E-state index is 0.311. The minimum Gasteiger partial charge on any atom is -0.207 e. The molecule has 2 rings (SSSR count). The van der Waals surface area contributed by atoms with Crippen LogP contribution in [0.15, 0.2) is 58.3 Å². The summed E-state index contributed by atoms with van der Waals surface area (Å²) in [7, 11) is -2.96. The Morgan fingerprint density at radius 3 is 1.35 bits per heavy atom. The third kappa shape index (κ3) is 2.34. The van der Waals surface area contributed by atoms with E-state index in [1.807, 2.05) is 0 Å². The van der Waals surface area contributed by atoms with Gasteiger partial charge in [0.2, 0.25) is 9.73 Å². The first-order valence-electron chi connectivity index (χ1n) is 4.83. The number of nitrogens with two attached hydrogens (primary N) is 1. The van der Waals surface area contributed by atoms with Crippen molar-refractivity contribution < 1.29 is 17.8 Å². The average Bonchev–Trinajstić information content (AvgIpc) is 2.30. The molecule has 0 spiro atoms. The summed E-state index contributed by atoms with van der Waals surface area (Å²) in [5.74, 6) is -0.855. The van der Waals surface area contributed by atoms with Crippen molar-refractivity contribution in [2.24, 2.45) is 0 Å². The Labute approximate surface area is 97.9 Å². The molecular weight excluding hydrogens is 244 g/mol. The number of halogens is 2. The lowest BCUT2D eigenvalue weighted by Crippen LogP contribution is -2.39. The van der Waals surface area contributed by atoms with Gasteiger partial charge in [-0.25, -0.2) is 13.6 Å². The van der Waals surface area contributed by atoms with Crippen molar-refractivity contribution >= 4 is 9.73 Å². The highest BCUT2D eigenvalue weighted by atomic mass is 32.2. The SMILES string of the molecule is [NH2+]=S(=O)(c1ccc(F)cc1)c1ccc(F)cc1. The smallest absolute Gasteiger partial charge is 0.207 e. The summed E-state index contributed by atoms with van der Waals surface area (Å²) in [6.07, 6.45) is 0. The van der Waals surface area contributed by atoms with Gasteiger partial charge in [0.05, 0.1) is 9.79 Å². The summed E-state index contributed by atoms with van der Waals surface area (Å²) in [6, 6.07) is 10.2. The van der Waals surface area contributed by atoms with Crippen LogP contribution in [0.2, 0.25) is 0 Å². The van der Waals surface area contributed by atoms with Crippen LogP contribution in [0.3, 0.4) is 0 Å². The second kappa shape index (κ2) is 4.25. The van der Waals surface area contributed by atoms with E-state index in [0.29, 0.717) is 9.79 Å². The number of benzene rings is 2. The highest BCUT2D eigenvalue weighted by molar-refractivity contribution is 7.90. The van der Waals surface area contributed by atoms with Crippen molar-refractivity contribution in [3.8, 4) is 0 Å². The van der Waals surface area contributed by atoms with Crippen molar-refractivity contribution in [2.45, 2.75) is 9.79 Å². The van der Waals surface area contributed by atoms with E-state index in [0.717, 1.165) is 0 Å². The molecule has 88 valence electrons. The van der Waals surface area contributed by atoms with Crippen molar-refractivity contribution in [2.75, 3.05) is 0 Å². The molecule has 0 heterocycles. The van der Waals surface area contributed by atoms with Crippen LogP contribution in [0.25, 0.3) is 0 Å². The molecule has 0 aliphatic rings. The quantitative estimate of drug-likeness (QED) is 0.869. The van der Waals surface area contributed by atoms with Crippen LogP contribution < -0.4 is 4.78 Å². The lowest BCUT2D eigenvalue weighted by molar-refractivity contribution is -0.0828. The Hall–Kier alpha value is -1.75. The lowest BCUT2D eigenvalue weighted by atomic mass is 10.3. The molecule has 2 nitrogen and oxygen atoms in total. The molecule has 17 heavy (non-hydrogen) atoms. The van der Waals surface area contributed by atoms with Crippen molar-refractivity contribution in [3.05, 3.63) is 60.2 Å². The molecule has 0 bridgehead atoms. The van der Waals surface area contributed by atoms with Gasteiger partial charge < -0.3 is 0 Å². The standard InChI is InChI=1S/C12H9F2NOS/c13-9-1-5-11(6-2-9)17(15,16)12-7-3-10(14)4-8-12/h1-8,15H/p+1. The average molecular weight is 254 g/mol. The molecule has 0 aromatic heterocycles. The minimum atomic E-state index is -2.96. The van der Waals surface area contributed by atoms with Crippen LogP contribution in [0.1, 0.15) is 0 Å². The maximum Gasteiger partial charge on any atom is 0.208 e. The molecule has 2 aromatic rings. The molecule has 0 aliphatic heterocycles. The van der Waals surface area contributed by atoms with E-state index in [1.54, 1.807) is 0 Å². The van der Waals surface area contributed by atoms with E-state index in [4.69, 9.17) is 4.78 Å². The highest BCUT2D eigenvalue weighted by Gasteiger charge is 2.18. The first-order valence-corrected chi connectivity index (χ1v) is 6.45. The molecular formula is C12H10F2NOS+. The Bertz CT molecular complexity index is 567. The molecule has 0 amide bonds. The fourth-order valence-corrected chi connectivity index (χ4v) is 2.76. The highest BCUT2D eigenvalue weighted by Crippen LogP contribution is 2.19. The predicted molar refractivity (Wildman–Crippen MR) is 59.4 cm³/mol. The second-order valence-corrected chi connectivity index (χ2v) is 5.65. The summed E-state index contributed by atoms with van der Waals surface area (Å²) in [5, 5.41) is 0. The van der Waals surface area contributed by atoms with Crippen LogP contribution in [0.5, 0.6) is 0 Å². The van der Waals surface area contributed by atoms with E-state index in [-0.39, 0.29) is 0 Å². The number of hydrogen-bond acceptors (Lipinski definition) is 1. The largest absolute Gasteiger partial charge is 0.208 e. The van der Waals surface area contributed by atoms with Crippen LogP contribution in [0.4, 0.5) is 8.78 Å². The maximum atomic E-state index is 12.7. The Morgan fingerprint density at radius 2 is 1.06 bits per heavy atom. The number of rotatable bonds is 2. The molecule has 0 fully saturated rings. The van der Waals surface area contributed by atoms with Crippen molar-refractivity contribution in [1.82, 2.24) is 0 Å². The van der Waals surface area contributed by atoms with Gasteiger partial charge in [-0.3, -0.25) is 0 Å². The summed E-state index contributed by atoms with van der Waals surface area (Å²) in [6.45, 7) is 0. The summed E-state index contributed by atoms with van der Waals surface area (Å²) in [4.78, 5) is 0.621. The zero-order valence-electron chi connectivity index (χ0n) is 8.77. The molecule has 2 N–H and O–H groups in total. The molecule has 0 unspecified atom stereocenters. The first kappa shape index (κ1) is 11.7. The Balaban J connectivity index is 2.50. The third-order valence-corrected chi connectivity index (χ3v) is 4.27. The Kier molecular flexibility index (Phi) is 2.93. The lowest BCUT2D eigenvalue weighted by Gasteiger charge is -2.03. The zero-order valence-corrected chi connectivity index (χ0v) is 9.59. The van der Waals surface area contributed by atoms with Gasteiger partial charge >= 0.3 is 0 Å². The van der Waals surface area contributed by atoms with Crippen molar-refractivity contribution in [3.63, 3.8) is 0 Å². The topological polar surface area (TPSA) is 42.7 Å². The van der Waals surface area contributed by atoms with Gasteiger partial charge in [0.25, 0.3) is 0 Å². The normalized spacial score (nSPS) is 11.4. The van der Waals surface area contributed by atoms with Gasteiger partial charge in [0.15, 0.2) is 0 Å². The molecule has 0 atom stereocenters. The van der Waals surface area contributed by atoms with E-state index < -0.39 is 21.4 Å². The van der Waals surface area contributed by atoms with Gasteiger partial charge in [0, 0.05) is 0 Å². The molecule has 0 aliphatic carbocycles. The van der Waals surface area contributed by atoms with E-state index in [2.05, 4.69) is 0 Å². The van der Waals surface area contributed by atoms with Crippen LogP contribution in [0, 0.1) is 11.6 Å². The fourth-order valence-electron chi connectivity index (χ4n) is 1.41. The number of hydrogen-bond donors (Lipinski definition) is 1. The van der Waals surface area contributed by atoms with Gasteiger partial charge in [-0.15, -0.1) is 0 Å². The molecule has 0 saturated carbocycles. The van der Waals surface area contributed by atoms with Gasteiger partial charge in [-0.05, 0) is 48.5 Å². The van der Waals surface area contributed by atoms with Crippen LogP contribution in [-0.2, 0) is 9.73 Å². The second-order valence-electron chi connectivity index (χ2n) is 3.51. The third-order valence-electron chi connectivity index (χ3n) is 2.33. The van der Waals surface area contributed by atoms with E-state index in [1.165, 1.54) is 48.5 Å². The summed E-state index contributed by atoms with van der Waals surface area (Å²) >= 11 is 0. The first-order chi connectivity index (χ1) is 8.00. The van der Waals surface area contributed by atoms with Gasteiger partial charge in [0.1, 0.15) is 11.6 Å². The zero-order chi connectivity index (χ0) is 12.5. The van der Waals surface area contributed by atoms with Gasteiger partial charge in [-0.2, -0.15) is 4.21 Å². The van der Waals surface area contributed by atoms with Crippen LogP contribution in [-0.4, -0.2) is 4.21 Å². The fraction of sp³-hybridized carbons (Fsp3) is 0.